The van der Waals surface area contributed by atoms with E-state index in [1.807, 2.05) is 53.9 Å². The monoisotopic (exact) mass is 448 g/mol. The lowest BCUT2D eigenvalue weighted by molar-refractivity contribution is -0.118. The van der Waals surface area contributed by atoms with Crippen molar-refractivity contribution in [1.82, 2.24) is 13.9 Å². The van der Waals surface area contributed by atoms with E-state index in [4.69, 9.17) is 0 Å². The maximum absolute atomic E-state index is 12.8. The second kappa shape index (κ2) is 10.6. The van der Waals surface area contributed by atoms with Gasteiger partial charge in [0.1, 0.15) is 0 Å². The number of carbonyl (C=O) groups excluding carboxylic acids is 1. The molecule has 172 valence electrons. The molecule has 1 N–H and O–H groups in total. The Morgan fingerprint density at radius 2 is 1.68 bits per heavy atom. The second-order valence-corrected chi connectivity index (χ2v) is 11.0. The Morgan fingerprint density at radius 1 is 1.16 bits per heavy atom. The van der Waals surface area contributed by atoms with Crippen LogP contribution in [-0.4, -0.2) is 57.3 Å². The third-order valence-corrected chi connectivity index (χ3v) is 7.34. The Bertz CT molecular complexity index is 896. The summed E-state index contributed by atoms with van der Waals surface area (Å²) >= 11 is 0. The molecule has 1 saturated heterocycles. The fourth-order valence-electron chi connectivity index (χ4n) is 4.27. The van der Waals surface area contributed by atoms with E-state index in [-0.39, 0.29) is 18.3 Å². The molecule has 31 heavy (non-hydrogen) atoms. The third kappa shape index (κ3) is 6.76. The highest BCUT2D eigenvalue weighted by Crippen LogP contribution is 2.30. The molecule has 1 heterocycles. The third-order valence-electron chi connectivity index (χ3n) is 5.81. The molecule has 0 unspecified atom stereocenters. The van der Waals surface area contributed by atoms with E-state index in [1.54, 1.807) is 0 Å². The predicted octanol–water partition coefficient (Wildman–Crippen LogP) is 2.98. The lowest BCUT2D eigenvalue weighted by atomic mass is 9.85. The normalized spacial score (nSPS) is 16.1. The topological polar surface area (TPSA) is 93.5 Å². The van der Waals surface area contributed by atoms with Gasteiger partial charge in [0.15, 0.2) is 0 Å². The van der Waals surface area contributed by atoms with E-state index in [1.165, 1.54) is 4.31 Å². The molecule has 0 atom stereocenters. The number of rotatable bonds is 8. The molecule has 1 aromatic carbocycles. The second-order valence-electron chi connectivity index (χ2n) is 9.37. The number of carbonyl (C=O) groups is 1. The molecule has 0 spiro atoms. The number of hydrogen-bond donors (Lipinski definition) is 1. The van der Waals surface area contributed by atoms with Crippen LogP contribution in [0.4, 0.5) is 0 Å². The first-order valence-electron chi connectivity index (χ1n) is 11.0. The summed E-state index contributed by atoms with van der Waals surface area (Å²) in [5.41, 5.74) is 3.21. The van der Waals surface area contributed by atoms with Crippen LogP contribution in [0.1, 0.15) is 74.6 Å². The Balaban J connectivity index is 2.16. The molecule has 0 bridgehead atoms. The van der Waals surface area contributed by atoms with Gasteiger partial charge < -0.3 is 4.90 Å². The van der Waals surface area contributed by atoms with E-state index in [0.29, 0.717) is 24.6 Å². The summed E-state index contributed by atoms with van der Waals surface area (Å²) in [6.45, 7) is 9.83. The van der Waals surface area contributed by atoms with Gasteiger partial charge in [0.05, 0.1) is 18.1 Å². The van der Waals surface area contributed by atoms with Gasteiger partial charge in [0.2, 0.25) is 5.91 Å². The molecule has 2 rings (SSSR count). The molecular weight excluding hydrogens is 412 g/mol. The summed E-state index contributed by atoms with van der Waals surface area (Å²) < 4.78 is 29.2. The van der Waals surface area contributed by atoms with E-state index in [2.05, 4.69) is 15.7 Å². The standard InChI is InChI=1S/C23H36N4O3S/c1-16(2)20-11-19(14-24)12-21(17(3)4)22(20)13-23(28)25-31(29,30)27-9-7-18(8-10-27)15-26(5)6/h11-12,16-18H,7-10,13,15H2,1-6H3,(H,25,28). The van der Waals surface area contributed by atoms with Crippen molar-refractivity contribution in [3.05, 3.63) is 34.4 Å². The van der Waals surface area contributed by atoms with Gasteiger partial charge in [-0.1, -0.05) is 27.7 Å². The summed E-state index contributed by atoms with van der Waals surface area (Å²) in [6.07, 6.45) is 1.55. The van der Waals surface area contributed by atoms with E-state index in [0.717, 1.165) is 36.1 Å². The van der Waals surface area contributed by atoms with Crippen molar-refractivity contribution in [2.45, 2.75) is 58.8 Å². The Morgan fingerprint density at radius 3 is 2.10 bits per heavy atom. The zero-order chi connectivity index (χ0) is 23.3. The Labute approximate surface area is 187 Å². The number of nitrogens with one attached hydrogen (secondary N) is 1. The van der Waals surface area contributed by atoms with Crippen molar-refractivity contribution in [2.75, 3.05) is 33.7 Å². The van der Waals surface area contributed by atoms with Gasteiger partial charge in [-0.05, 0) is 73.5 Å². The van der Waals surface area contributed by atoms with Crippen LogP contribution in [-0.2, 0) is 21.4 Å². The first-order valence-corrected chi connectivity index (χ1v) is 12.4. The van der Waals surface area contributed by atoms with Crippen molar-refractivity contribution in [3.63, 3.8) is 0 Å². The van der Waals surface area contributed by atoms with Crippen LogP contribution in [0.3, 0.4) is 0 Å². The maximum atomic E-state index is 12.8. The number of amides is 1. The average Bonchev–Trinajstić information content (AvgIpc) is 2.67. The minimum Gasteiger partial charge on any atom is -0.309 e. The highest BCUT2D eigenvalue weighted by atomic mass is 32.2. The van der Waals surface area contributed by atoms with Crippen molar-refractivity contribution >= 4 is 16.1 Å². The smallest absolute Gasteiger partial charge is 0.303 e. The summed E-state index contributed by atoms with van der Waals surface area (Å²) in [5, 5.41) is 9.37. The molecule has 0 saturated carbocycles. The first kappa shape index (κ1) is 25.3. The first-order chi connectivity index (χ1) is 14.4. The number of benzene rings is 1. The van der Waals surface area contributed by atoms with Crippen molar-refractivity contribution in [2.24, 2.45) is 5.92 Å². The fraction of sp³-hybridized carbons (Fsp3) is 0.652. The predicted molar refractivity (Wildman–Crippen MR) is 123 cm³/mol. The number of nitrogens with zero attached hydrogens (tertiary/aromatic N) is 3. The fourth-order valence-corrected chi connectivity index (χ4v) is 5.45. The van der Waals surface area contributed by atoms with E-state index < -0.39 is 16.1 Å². The lowest BCUT2D eigenvalue weighted by Crippen LogP contribution is -2.48. The number of hydrogen-bond acceptors (Lipinski definition) is 5. The highest BCUT2D eigenvalue weighted by molar-refractivity contribution is 7.87. The Hall–Kier alpha value is -1.95. The van der Waals surface area contributed by atoms with Gasteiger partial charge in [-0.2, -0.15) is 18.0 Å². The molecule has 1 aromatic rings. The maximum Gasteiger partial charge on any atom is 0.303 e. The van der Waals surface area contributed by atoms with Gasteiger partial charge in [-0.25, -0.2) is 4.72 Å². The zero-order valence-corrected chi connectivity index (χ0v) is 20.4. The van der Waals surface area contributed by atoms with Crippen molar-refractivity contribution in [1.29, 1.82) is 5.26 Å². The summed E-state index contributed by atoms with van der Waals surface area (Å²) in [5.74, 6) is 0.156. The van der Waals surface area contributed by atoms with Crippen LogP contribution in [0.25, 0.3) is 0 Å². The molecule has 7 nitrogen and oxygen atoms in total. The van der Waals surface area contributed by atoms with Gasteiger partial charge in [0, 0.05) is 19.6 Å². The van der Waals surface area contributed by atoms with Gasteiger partial charge in [-0.15, -0.1) is 0 Å². The van der Waals surface area contributed by atoms with Crippen LogP contribution in [0, 0.1) is 17.2 Å². The molecule has 8 heteroatoms. The van der Waals surface area contributed by atoms with Gasteiger partial charge >= 0.3 is 10.2 Å². The summed E-state index contributed by atoms with van der Waals surface area (Å²) in [6, 6.07) is 5.81. The molecule has 1 aliphatic heterocycles. The van der Waals surface area contributed by atoms with E-state index in [9.17, 15) is 18.5 Å². The zero-order valence-electron chi connectivity index (χ0n) is 19.6. The SMILES string of the molecule is CC(C)c1cc(C#N)cc(C(C)C)c1CC(=O)NS(=O)(=O)N1CCC(CN(C)C)CC1. The summed E-state index contributed by atoms with van der Waals surface area (Å²) in [7, 11) is 0.169. The summed E-state index contributed by atoms with van der Waals surface area (Å²) in [4.78, 5) is 14.9. The van der Waals surface area contributed by atoms with Crippen molar-refractivity contribution in [3.8, 4) is 6.07 Å². The molecule has 1 fully saturated rings. The van der Waals surface area contributed by atoms with Crippen LogP contribution in [0.15, 0.2) is 12.1 Å². The van der Waals surface area contributed by atoms with Crippen molar-refractivity contribution < 1.29 is 13.2 Å². The average molecular weight is 449 g/mol. The van der Waals surface area contributed by atoms with Crippen LogP contribution < -0.4 is 4.72 Å². The molecular formula is C23H36N4O3S. The molecule has 0 aromatic heterocycles. The Kier molecular flexibility index (Phi) is 8.64. The van der Waals surface area contributed by atoms with Crippen LogP contribution >= 0.6 is 0 Å². The number of piperidine rings is 1. The molecule has 0 radical (unpaired) electrons. The lowest BCUT2D eigenvalue weighted by Gasteiger charge is -2.32. The molecule has 1 aliphatic rings. The minimum atomic E-state index is -3.87. The van der Waals surface area contributed by atoms with Crippen LogP contribution in [0.5, 0.6) is 0 Å². The van der Waals surface area contributed by atoms with Crippen LogP contribution in [0.2, 0.25) is 0 Å². The quantitative estimate of drug-likeness (QED) is 0.660. The van der Waals surface area contributed by atoms with E-state index >= 15 is 0 Å². The molecule has 0 aliphatic carbocycles. The number of nitriles is 1. The molecule has 1 amide bonds. The highest BCUT2D eigenvalue weighted by Gasteiger charge is 2.30. The largest absolute Gasteiger partial charge is 0.309 e. The minimum absolute atomic E-state index is 0.0247. The van der Waals surface area contributed by atoms with Gasteiger partial charge in [0.25, 0.3) is 0 Å². The van der Waals surface area contributed by atoms with Gasteiger partial charge in [-0.3, -0.25) is 4.79 Å².